The van der Waals surface area contributed by atoms with Gasteiger partial charge in [0.2, 0.25) is 5.95 Å². The van der Waals surface area contributed by atoms with E-state index in [1.165, 1.54) is 7.11 Å². The lowest BCUT2D eigenvalue weighted by Gasteiger charge is -2.06. The van der Waals surface area contributed by atoms with Gasteiger partial charge in [0.1, 0.15) is 5.75 Å². The largest absolute Gasteiger partial charge is 0.467 e. The van der Waals surface area contributed by atoms with Crippen LogP contribution in [0, 0.1) is 3.57 Å². The Kier molecular flexibility index (Phi) is 4.13. The van der Waals surface area contributed by atoms with Gasteiger partial charge in [0.05, 0.1) is 7.11 Å². The topological polar surface area (TPSA) is 69.2 Å². The molecule has 18 heavy (non-hydrogen) atoms. The zero-order valence-corrected chi connectivity index (χ0v) is 12.0. The number of aromatic nitrogens is 3. The fourth-order valence-electron chi connectivity index (χ4n) is 1.19. The molecule has 1 N–H and O–H groups in total. The molecule has 2 rings (SSSR count). The van der Waals surface area contributed by atoms with E-state index in [9.17, 15) is 0 Å². The van der Waals surface area contributed by atoms with Crippen LogP contribution in [0.2, 0.25) is 0 Å². The summed E-state index contributed by atoms with van der Waals surface area (Å²) in [7, 11) is 3.20. The maximum absolute atomic E-state index is 5.53. The highest BCUT2D eigenvalue weighted by Gasteiger charge is 2.07. The molecule has 0 bridgehead atoms. The van der Waals surface area contributed by atoms with Gasteiger partial charge in [-0.05, 0) is 46.9 Å². The van der Waals surface area contributed by atoms with Crippen molar-refractivity contribution in [2.45, 2.75) is 0 Å². The minimum atomic E-state index is 0.187. The third-order valence-electron chi connectivity index (χ3n) is 2.02. The van der Waals surface area contributed by atoms with E-state index in [0.29, 0.717) is 11.7 Å². The standard InChI is InChI=1S/C11H11IN4O2/c1-13-9-14-10(17-2)16-11(15-9)18-8-5-3-7(12)4-6-8/h3-6H,1-2H3,(H,13,14,15,16). The number of nitrogens with one attached hydrogen (secondary N) is 1. The summed E-state index contributed by atoms with van der Waals surface area (Å²) in [6.07, 6.45) is 0. The molecule has 6 nitrogen and oxygen atoms in total. The molecular weight excluding hydrogens is 347 g/mol. The number of rotatable bonds is 4. The summed E-state index contributed by atoms with van der Waals surface area (Å²) in [6.45, 7) is 0. The number of ether oxygens (including phenoxy) is 2. The number of nitrogens with zero attached hydrogens (tertiary/aromatic N) is 3. The van der Waals surface area contributed by atoms with E-state index in [4.69, 9.17) is 9.47 Å². The van der Waals surface area contributed by atoms with Gasteiger partial charge in [-0.15, -0.1) is 4.98 Å². The highest BCUT2D eigenvalue weighted by molar-refractivity contribution is 14.1. The highest BCUT2D eigenvalue weighted by Crippen LogP contribution is 2.21. The summed E-state index contributed by atoms with van der Waals surface area (Å²) in [6, 6.07) is 7.96. The van der Waals surface area contributed by atoms with Crippen LogP contribution < -0.4 is 14.8 Å². The summed E-state index contributed by atoms with van der Waals surface area (Å²) < 4.78 is 11.6. The van der Waals surface area contributed by atoms with Crippen molar-refractivity contribution < 1.29 is 9.47 Å². The molecule has 0 saturated carbocycles. The molecule has 0 radical (unpaired) electrons. The van der Waals surface area contributed by atoms with Crippen LogP contribution in [0.5, 0.6) is 17.8 Å². The van der Waals surface area contributed by atoms with E-state index in [2.05, 4.69) is 42.9 Å². The van der Waals surface area contributed by atoms with E-state index in [1.807, 2.05) is 24.3 Å². The van der Waals surface area contributed by atoms with Gasteiger partial charge in [-0.2, -0.15) is 9.97 Å². The predicted molar refractivity (Wildman–Crippen MR) is 75.2 cm³/mol. The Morgan fingerprint density at radius 2 is 1.72 bits per heavy atom. The van der Waals surface area contributed by atoms with Crippen LogP contribution in [0.25, 0.3) is 0 Å². The first-order chi connectivity index (χ1) is 8.71. The average molecular weight is 358 g/mol. The molecule has 0 aliphatic heterocycles. The van der Waals surface area contributed by atoms with Crippen molar-refractivity contribution in [3.8, 4) is 17.8 Å². The number of methoxy groups -OCH3 is 1. The van der Waals surface area contributed by atoms with Crippen molar-refractivity contribution in [2.24, 2.45) is 0 Å². The molecule has 1 heterocycles. The van der Waals surface area contributed by atoms with Crippen molar-refractivity contribution in [2.75, 3.05) is 19.5 Å². The maximum atomic E-state index is 5.53. The molecule has 7 heteroatoms. The molecule has 0 spiro atoms. The lowest BCUT2D eigenvalue weighted by molar-refractivity contribution is 0.360. The molecule has 0 atom stereocenters. The first-order valence-electron chi connectivity index (χ1n) is 5.12. The SMILES string of the molecule is CNc1nc(OC)nc(Oc2ccc(I)cc2)n1. The molecule has 94 valence electrons. The van der Waals surface area contributed by atoms with Gasteiger partial charge >= 0.3 is 12.0 Å². The predicted octanol–water partition coefficient (Wildman–Crippen LogP) is 2.32. The summed E-state index contributed by atoms with van der Waals surface area (Å²) in [5, 5.41) is 2.81. The molecule has 0 aliphatic rings. The monoisotopic (exact) mass is 358 g/mol. The fourth-order valence-corrected chi connectivity index (χ4v) is 1.55. The molecule has 2 aromatic rings. The van der Waals surface area contributed by atoms with Gasteiger partial charge in [0.25, 0.3) is 0 Å². The molecule has 1 aromatic carbocycles. The van der Waals surface area contributed by atoms with Gasteiger partial charge in [-0.25, -0.2) is 0 Å². The van der Waals surface area contributed by atoms with Crippen molar-refractivity contribution >= 4 is 28.5 Å². The summed E-state index contributed by atoms with van der Waals surface area (Å²) >= 11 is 2.22. The van der Waals surface area contributed by atoms with Gasteiger partial charge in [0.15, 0.2) is 0 Å². The molecule has 0 unspecified atom stereocenters. The molecule has 0 fully saturated rings. The van der Waals surface area contributed by atoms with E-state index in [1.54, 1.807) is 7.05 Å². The summed E-state index contributed by atoms with van der Waals surface area (Å²) in [4.78, 5) is 12.1. The second kappa shape index (κ2) is 5.80. The smallest absolute Gasteiger partial charge is 0.330 e. The first kappa shape index (κ1) is 12.8. The maximum Gasteiger partial charge on any atom is 0.330 e. The average Bonchev–Trinajstić information content (AvgIpc) is 2.41. The van der Waals surface area contributed by atoms with Crippen LogP contribution in [0.4, 0.5) is 5.95 Å². The van der Waals surface area contributed by atoms with Crippen LogP contribution in [0.3, 0.4) is 0 Å². The summed E-state index contributed by atoms with van der Waals surface area (Å²) in [5.74, 6) is 1.05. The number of anilines is 1. The lowest BCUT2D eigenvalue weighted by atomic mass is 10.3. The number of hydrogen-bond donors (Lipinski definition) is 1. The third kappa shape index (κ3) is 3.19. The van der Waals surface area contributed by atoms with E-state index >= 15 is 0 Å². The van der Waals surface area contributed by atoms with E-state index < -0.39 is 0 Å². The highest BCUT2D eigenvalue weighted by atomic mass is 127. The second-order valence-corrected chi connectivity index (χ2v) is 4.48. The van der Waals surface area contributed by atoms with Crippen molar-refractivity contribution in [3.05, 3.63) is 27.8 Å². The Balaban J connectivity index is 2.25. The van der Waals surface area contributed by atoms with Gasteiger partial charge in [-0.1, -0.05) is 0 Å². The Hall–Kier alpha value is -1.64. The Morgan fingerprint density at radius 3 is 2.33 bits per heavy atom. The normalized spacial score (nSPS) is 9.94. The Labute approximate surface area is 118 Å². The Morgan fingerprint density at radius 1 is 1.06 bits per heavy atom. The minimum absolute atomic E-state index is 0.187. The lowest BCUT2D eigenvalue weighted by Crippen LogP contribution is -2.03. The number of hydrogen-bond acceptors (Lipinski definition) is 6. The molecule has 0 aliphatic carbocycles. The number of halogens is 1. The van der Waals surface area contributed by atoms with E-state index in [0.717, 1.165) is 3.57 Å². The summed E-state index contributed by atoms with van der Waals surface area (Å²) in [5.41, 5.74) is 0. The van der Waals surface area contributed by atoms with Crippen LogP contribution in [-0.4, -0.2) is 29.1 Å². The van der Waals surface area contributed by atoms with Crippen molar-refractivity contribution in [1.82, 2.24) is 15.0 Å². The van der Waals surface area contributed by atoms with Gasteiger partial charge in [-0.3, -0.25) is 0 Å². The van der Waals surface area contributed by atoms with Crippen molar-refractivity contribution in [1.29, 1.82) is 0 Å². The van der Waals surface area contributed by atoms with Crippen molar-refractivity contribution in [3.63, 3.8) is 0 Å². The van der Waals surface area contributed by atoms with Gasteiger partial charge < -0.3 is 14.8 Å². The molecule has 0 saturated heterocycles. The first-order valence-corrected chi connectivity index (χ1v) is 6.20. The molecule has 1 aromatic heterocycles. The van der Waals surface area contributed by atoms with Crippen LogP contribution in [-0.2, 0) is 0 Å². The minimum Gasteiger partial charge on any atom is -0.467 e. The van der Waals surface area contributed by atoms with Gasteiger partial charge in [0, 0.05) is 10.6 Å². The van der Waals surface area contributed by atoms with E-state index in [-0.39, 0.29) is 12.0 Å². The molecular formula is C11H11IN4O2. The fraction of sp³-hybridized carbons (Fsp3) is 0.182. The van der Waals surface area contributed by atoms with Crippen LogP contribution >= 0.6 is 22.6 Å². The molecule has 0 amide bonds. The number of benzene rings is 1. The second-order valence-electron chi connectivity index (χ2n) is 3.23. The van der Waals surface area contributed by atoms with Crippen LogP contribution in [0.15, 0.2) is 24.3 Å². The third-order valence-corrected chi connectivity index (χ3v) is 2.74. The Bertz CT molecular complexity index is 511. The zero-order chi connectivity index (χ0) is 13.0. The quantitative estimate of drug-likeness (QED) is 0.847. The zero-order valence-electron chi connectivity index (χ0n) is 9.85. The van der Waals surface area contributed by atoms with Crippen LogP contribution in [0.1, 0.15) is 0 Å².